The second-order valence-electron chi connectivity index (χ2n) is 6.27. The molecule has 1 aliphatic rings. The molecule has 1 saturated heterocycles. The fourth-order valence-corrected chi connectivity index (χ4v) is 2.85. The quantitative estimate of drug-likeness (QED) is 0.343. The summed E-state index contributed by atoms with van der Waals surface area (Å²) in [6.45, 7) is 1.64. The Bertz CT molecular complexity index is 831. The molecule has 1 fully saturated rings. The number of imide groups is 1. The number of carbonyl (C=O) groups is 4. The minimum Gasteiger partial charge on any atom is -0.356 e. The van der Waals surface area contributed by atoms with E-state index in [2.05, 4.69) is 16.2 Å². The predicted octanol–water partition coefficient (Wildman–Crippen LogP) is 1.53. The van der Waals surface area contributed by atoms with Crippen molar-refractivity contribution in [2.24, 2.45) is 0 Å². The van der Waals surface area contributed by atoms with Crippen LogP contribution in [0.25, 0.3) is 0 Å². The van der Waals surface area contributed by atoms with E-state index in [9.17, 15) is 32.3 Å². The predicted molar refractivity (Wildman–Crippen MR) is 96.5 cm³/mol. The average molecular weight is 435 g/mol. The van der Waals surface area contributed by atoms with Gasteiger partial charge < -0.3 is 5.32 Å². The third kappa shape index (κ3) is 5.91. The summed E-state index contributed by atoms with van der Waals surface area (Å²) in [5, 5.41) is 1.97. The molecule has 0 spiro atoms. The zero-order chi connectivity index (χ0) is 21.8. The van der Waals surface area contributed by atoms with Gasteiger partial charge in [0.05, 0.1) is 22.7 Å². The van der Waals surface area contributed by atoms with Crippen molar-refractivity contribution in [1.29, 1.82) is 0 Å². The highest BCUT2D eigenvalue weighted by Gasteiger charge is 2.41. The van der Waals surface area contributed by atoms with Crippen molar-refractivity contribution in [3.8, 4) is 0 Å². The highest BCUT2D eigenvalue weighted by molar-refractivity contribution is 6.31. The Morgan fingerprint density at radius 1 is 1.28 bits per heavy atom. The second-order valence-corrected chi connectivity index (χ2v) is 6.67. The molecule has 0 bridgehead atoms. The molecule has 2 rings (SSSR count). The molecule has 0 aromatic heterocycles. The van der Waals surface area contributed by atoms with Gasteiger partial charge >= 0.3 is 6.18 Å². The first kappa shape index (κ1) is 22.6. The van der Waals surface area contributed by atoms with Gasteiger partial charge in [0.2, 0.25) is 17.7 Å². The first-order valence-corrected chi connectivity index (χ1v) is 8.91. The van der Waals surface area contributed by atoms with E-state index in [1.807, 2.05) is 0 Å². The van der Waals surface area contributed by atoms with Gasteiger partial charge in [-0.15, -0.1) is 0 Å². The number of anilines is 1. The molecule has 1 aliphatic heterocycles. The van der Waals surface area contributed by atoms with E-state index in [4.69, 9.17) is 11.6 Å². The van der Waals surface area contributed by atoms with Crippen LogP contribution in [0.4, 0.5) is 18.9 Å². The standard InChI is InChI=1S/C17H18ClF3N4O4/c1-9(26)22-6-2-3-14(27)24-23-13-8-15(28)25(16(13)29)10-4-5-12(18)11(7-10)17(19,20)21/h4-5,7,13,23H,2-3,6,8H2,1H3,(H,22,26)(H,24,27)/t13-/m1/s1. The summed E-state index contributed by atoms with van der Waals surface area (Å²) < 4.78 is 39.0. The molecule has 0 aliphatic carbocycles. The molecule has 1 heterocycles. The van der Waals surface area contributed by atoms with E-state index >= 15 is 0 Å². The Labute approximate surface area is 168 Å². The van der Waals surface area contributed by atoms with Crippen molar-refractivity contribution in [3.63, 3.8) is 0 Å². The second kappa shape index (κ2) is 9.23. The van der Waals surface area contributed by atoms with Crippen LogP contribution < -0.4 is 21.1 Å². The van der Waals surface area contributed by atoms with Gasteiger partial charge in [0.1, 0.15) is 6.04 Å². The van der Waals surface area contributed by atoms with Crippen LogP contribution in [0.5, 0.6) is 0 Å². The fraction of sp³-hybridized carbons (Fsp3) is 0.412. The van der Waals surface area contributed by atoms with Gasteiger partial charge in [-0.2, -0.15) is 13.2 Å². The molecule has 4 amide bonds. The minimum absolute atomic E-state index is 0.0535. The zero-order valence-corrected chi connectivity index (χ0v) is 16.0. The van der Waals surface area contributed by atoms with Crippen molar-refractivity contribution in [2.75, 3.05) is 11.4 Å². The lowest BCUT2D eigenvalue weighted by Gasteiger charge is -2.18. The molecule has 3 N–H and O–H groups in total. The van der Waals surface area contributed by atoms with Gasteiger partial charge in [-0.3, -0.25) is 24.6 Å². The SMILES string of the molecule is CC(=O)NCCCC(=O)NN[C@@H]1CC(=O)N(c2ccc(Cl)c(C(F)(F)F)c2)C1=O. The molecule has 12 heteroatoms. The van der Waals surface area contributed by atoms with Crippen LogP contribution in [0.1, 0.15) is 31.7 Å². The zero-order valence-electron chi connectivity index (χ0n) is 15.2. The lowest BCUT2D eigenvalue weighted by atomic mass is 10.2. The molecule has 8 nitrogen and oxygen atoms in total. The van der Waals surface area contributed by atoms with Crippen molar-refractivity contribution < 1.29 is 32.3 Å². The van der Waals surface area contributed by atoms with Gasteiger partial charge in [-0.05, 0) is 24.6 Å². The molecular weight excluding hydrogens is 417 g/mol. The highest BCUT2D eigenvalue weighted by Crippen LogP contribution is 2.37. The summed E-state index contributed by atoms with van der Waals surface area (Å²) in [6, 6.07) is 1.60. The molecular formula is C17H18ClF3N4O4. The summed E-state index contributed by atoms with van der Waals surface area (Å²) in [6.07, 6.45) is -4.67. The fourth-order valence-electron chi connectivity index (χ4n) is 2.63. The Kier molecular flexibility index (Phi) is 7.20. The summed E-state index contributed by atoms with van der Waals surface area (Å²) in [5.41, 5.74) is 3.27. The van der Waals surface area contributed by atoms with E-state index in [-0.39, 0.29) is 24.4 Å². The van der Waals surface area contributed by atoms with E-state index in [0.717, 1.165) is 12.1 Å². The maximum absolute atomic E-state index is 13.0. The van der Waals surface area contributed by atoms with Crippen molar-refractivity contribution in [2.45, 2.75) is 38.4 Å². The maximum atomic E-state index is 13.0. The largest absolute Gasteiger partial charge is 0.417 e. The number of benzene rings is 1. The van der Waals surface area contributed by atoms with Crippen molar-refractivity contribution >= 4 is 40.9 Å². The van der Waals surface area contributed by atoms with Crippen LogP contribution in [0.3, 0.4) is 0 Å². The molecule has 0 saturated carbocycles. The van der Waals surface area contributed by atoms with Crippen LogP contribution in [-0.4, -0.2) is 36.2 Å². The number of hydrogen-bond donors (Lipinski definition) is 3. The normalized spacial score (nSPS) is 16.9. The lowest BCUT2D eigenvalue weighted by molar-refractivity contribution is -0.137. The number of halogens is 4. The van der Waals surface area contributed by atoms with Crippen molar-refractivity contribution in [1.82, 2.24) is 16.2 Å². The number of hydrazine groups is 1. The van der Waals surface area contributed by atoms with E-state index in [1.165, 1.54) is 6.92 Å². The Morgan fingerprint density at radius 2 is 1.97 bits per heavy atom. The average Bonchev–Trinajstić information content (AvgIpc) is 2.90. The van der Waals surface area contributed by atoms with Gasteiger partial charge in [0, 0.05) is 19.9 Å². The minimum atomic E-state index is -4.75. The third-order valence-corrected chi connectivity index (χ3v) is 4.33. The van der Waals surface area contributed by atoms with Crippen LogP contribution in [-0.2, 0) is 25.4 Å². The van der Waals surface area contributed by atoms with Crippen LogP contribution in [0, 0.1) is 0 Å². The van der Waals surface area contributed by atoms with Gasteiger partial charge in [-0.1, -0.05) is 11.6 Å². The lowest BCUT2D eigenvalue weighted by Crippen LogP contribution is -2.48. The first-order valence-electron chi connectivity index (χ1n) is 8.53. The molecule has 0 unspecified atom stereocenters. The smallest absolute Gasteiger partial charge is 0.356 e. The summed E-state index contributed by atoms with van der Waals surface area (Å²) in [5.74, 6) is -2.22. The van der Waals surface area contributed by atoms with Crippen LogP contribution in [0.2, 0.25) is 5.02 Å². The maximum Gasteiger partial charge on any atom is 0.417 e. The summed E-state index contributed by atoms with van der Waals surface area (Å²) in [4.78, 5) is 47.7. The van der Waals surface area contributed by atoms with Crippen LogP contribution in [0.15, 0.2) is 18.2 Å². The summed E-state index contributed by atoms with van der Waals surface area (Å²) >= 11 is 5.55. The van der Waals surface area contributed by atoms with E-state index in [0.29, 0.717) is 23.9 Å². The molecule has 158 valence electrons. The number of nitrogens with zero attached hydrogens (tertiary/aromatic N) is 1. The number of hydrogen-bond acceptors (Lipinski definition) is 5. The Hall–Kier alpha value is -2.66. The number of amides is 4. The van der Waals surface area contributed by atoms with Crippen LogP contribution >= 0.6 is 11.6 Å². The molecule has 1 aromatic rings. The third-order valence-electron chi connectivity index (χ3n) is 4.00. The first-order chi connectivity index (χ1) is 13.5. The number of carbonyl (C=O) groups excluding carboxylic acids is 4. The molecule has 1 aromatic carbocycles. The van der Waals surface area contributed by atoms with Gasteiger partial charge in [0.25, 0.3) is 5.91 Å². The topological polar surface area (TPSA) is 108 Å². The monoisotopic (exact) mass is 434 g/mol. The molecule has 0 radical (unpaired) electrons. The highest BCUT2D eigenvalue weighted by atomic mass is 35.5. The van der Waals surface area contributed by atoms with Crippen molar-refractivity contribution in [3.05, 3.63) is 28.8 Å². The number of rotatable bonds is 7. The van der Waals surface area contributed by atoms with Gasteiger partial charge in [0.15, 0.2) is 0 Å². The Morgan fingerprint density at radius 3 is 2.59 bits per heavy atom. The van der Waals surface area contributed by atoms with Gasteiger partial charge in [-0.25, -0.2) is 10.3 Å². The molecule has 29 heavy (non-hydrogen) atoms. The molecule has 1 atom stereocenters. The number of alkyl halides is 3. The van der Waals surface area contributed by atoms with E-state index < -0.39 is 40.5 Å². The van der Waals surface area contributed by atoms with E-state index in [1.54, 1.807) is 0 Å². The Balaban J connectivity index is 1.98. The summed E-state index contributed by atoms with van der Waals surface area (Å²) in [7, 11) is 0. The number of nitrogens with one attached hydrogen (secondary N) is 3.